The van der Waals surface area contributed by atoms with E-state index in [0.717, 1.165) is 37.7 Å². The molecular weight excluding hydrogens is 293 g/mol. The fourth-order valence-electron chi connectivity index (χ4n) is 1.97. The number of carbonyl (C=O) groups excluding carboxylic acids is 2. The summed E-state index contributed by atoms with van der Waals surface area (Å²) in [5.41, 5.74) is 0.791. The van der Waals surface area contributed by atoms with Crippen LogP contribution in [0.4, 0.5) is 0 Å². The van der Waals surface area contributed by atoms with Crippen molar-refractivity contribution in [3.63, 3.8) is 0 Å². The Balaban J connectivity index is 0.00000256. The Kier molecular flexibility index (Phi) is 9.20. The number of hydrogen-bond acceptors (Lipinski definition) is 3. The topological polar surface area (TPSA) is 54.4 Å². The van der Waals surface area contributed by atoms with Crippen molar-refractivity contribution in [2.75, 3.05) is 0 Å². The van der Waals surface area contributed by atoms with Crippen LogP contribution in [0.25, 0.3) is 0 Å². The van der Waals surface area contributed by atoms with Crippen LogP contribution in [0.2, 0.25) is 0 Å². The number of unbranched alkanes of at least 4 members (excludes halogenated alkanes) is 3. The van der Waals surface area contributed by atoms with E-state index in [9.17, 15) is 14.7 Å². The van der Waals surface area contributed by atoms with Crippen LogP contribution in [0, 0.1) is 0 Å². The molecule has 1 radical (unpaired) electrons. The average Bonchev–Trinajstić information content (AvgIpc) is 2.50. The van der Waals surface area contributed by atoms with Gasteiger partial charge < -0.3 is 9.90 Å². The van der Waals surface area contributed by atoms with Gasteiger partial charge in [-0.05, 0) is 37.8 Å². The van der Waals surface area contributed by atoms with Crippen molar-refractivity contribution in [3.8, 4) is 0 Å². The van der Waals surface area contributed by atoms with Crippen LogP contribution in [0.3, 0.4) is 0 Å². The van der Waals surface area contributed by atoms with Crippen LogP contribution in [-0.4, -0.2) is 22.8 Å². The zero-order valence-corrected chi connectivity index (χ0v) is 13.3. The molecule has 0 aliphatic heterocycles. The van der Waals surface area contributed by atoms with Crippen molar-refractivity contribution in [3.05, 3.63) is 11.6 Å². The van der Waals surface area contributed by atoms with E-state index in [2.05, 4.69) is 0 Å². The molecule has 0 heterocycles. The van der Waals surface area contributed by atoms with Gasteiger partial charge in [-0.15, -0.1) is 0 Å². The minimum absolute atomic E-state index is 0. The van der Waals surface area contributed by atoms with Crippen LogP contribution in [0.5, 0.6) is 0 Å². The van der Waals surface area contributed by atoms with Crippen LogP contribution in [0.15, 0.2) is 11.6 Å². The Morgan fingerprint density at radius 3 is 2.53 bits per heavy atom. The number of aliphatic hydroxyl groups is 1. The van der Waals surface area contributed by atoms with Crippen molar-refractivity contribution in [2.24, 2.45) is 0 Å². The summed E-state index contributed by atoms with van der Waals surface area (Å²) in [5, 5.41) is 9.24. The Morgan fingerprint density at radius 1 is 1.35 bits per heavy atom. The quantitative estimate of drug-likeness (QED) is 0.733. The van der Waals surface area contributed by atoms with E-state index in [1.807, 2.05) is 0 Å². The molecule has 0 saturated carbocycles. The Labute approximate surface area is 128 Å². The SMILES string of the molecule is CC(=O)CCCCCCC1=CC(O)CC1=O.[Y]. The van der Waals surface area contributed by atoms with Gasteiger partial charge in [0, 0.05) is 45.6 Å². The van der Waals surface area contributed by atoms with E-state index in [1.54, 1.807) is 13.0 Å². The molecule has 0 amide bonds. The van der Waals surface area contributed by atoms with Gasteiger partial charge in [-0.1, -0.05) is 12.8 Å². The molecule has 1 rings (SSSR count). The van der Waals surface area contributed by atoms with E-state index in [0.29, 0.717) is 6.42 Å². The first-order chi connectivity index (χ1) is 7.59. The summed E-state index contributed by atoms with van der Waals surface area (Å²) in [5.74, 6) is 0.341. The predicted molar refractivity (Wildman–Crippen MR) is 62.1 cm³/mol. The van der Waals surface area contributed by atoms with Crippen molar-refractivity contribution in [1.29, 1.82) is 0 Å². The molecule has 0 aromatic rings. The average molecular weight is 313 g/mol. The van der Waals surface area contributed by atoms with Gasteiger partial charge in [0.1, 0.15) is 5.78 Å². The molecule has 1 N–H and O–H groups in total. The van der Waals surface area contributed by atoms with E-state index >= 15 is 0 Å². The molecule has 1 aliphatic rings. The summed E-state index contributed by atoms with van der Waals surface area (Å²) in [6, 6.07) is 0. The zero-order valence-electron chi connectivity index (χ0n) is 10.4. The molecule has 0 saturated heterocycles. The van der Waals surface area contributed by atoms with Gasteiger partial charge >= 0.3 is 0 Å². The number of carbonyl (C=O) groups is 2. The Bertz CT molecular complexity index is 297. The van der Waals surface area contributed by atoms with Crippen molar-refractivity contribution in [2.45, 2.75) is 58.0 Å². The second-order valence-corrected chi connectivity index (χ2v) is 4.50. The van der Waals surface area contributed by atoms with Crippen molar-refractivity contribution in [1.82, 2.24) is 0 Å². The molecular formula is C13H20O3Y. The second-order valence-electron chi connectivity index (χ2n) is 4.50. The maximum Gasteiger partial charge on any atom is 0.161 e. The van der Waals surface area contributed by atoms with Crippen LogP contribution in [0.1, 0.15) is 51.9 Å². The van der Waals surface area contributed by atoms with Gasteiger partial charge in [0.05, 0.1) is 6.10 Å². The van der Waals surface area contributed by atoms with E-state index in [1.165, 1.54) is 0 Å². The standard InChI is InChI=1S/C13H20O3.Y/c1-10(14)6-4-2-3-5-7-11-8-12(15)9-13(11)16;/h8,12,15H,2-7,9H2,1H3;. The monoisotopic (exact) mass is 313 g/mol. The van der Waals surface area contributed by atoms with Crippen molar-refractivity contribution >= 4 is 11.6 Å². The van der Waals surface area contributed by atoms with Crippen LogP contribution < -0.4 is 0 Å². The largest absolute Gasteiger partial charge is 0.389 e. The minimum atomic E-state index is -0.555. The molecule has 17 heavy (non-hydrogen) atoms. The van der Waals surface area contributed by atoms with Gasteiger partial charge in [-0.25, -0.2) is 0 Å². The molecule has 1 unspecified atom stereocenters. The molecule has 1 aliphatic carbocycles. The third-order valence-corrected chi connectivity index (χ3v) is 2.87. The van der Waals surface area contributed by atoms with Crippen LogP contribution in [-0.2, 0) is 42.3 Å². The summed E-state index contributed by atoms with van der Waals surface area (Å²) in [7, 11) is 0. The Morgan fingerprint density at radius 2 is 2.00 bits per heavy atom. The fourth-order valence-corrected chi connectivity index (χ4v) is 1.97. The van der Waals surface area contributed by atoms with Gasteiger partial charge in [0.25, 0.3) is 0 Å². The Hall–Kier alpha value is 0.144. The molecule has 0 aromatic carbocycles. The molecule has 0 spiro atoms. The smallest absolute Gasteiger partial charge is 0.161 e. The molecule has 0 fully saturated rings. The minimum Gasteiger partial charge on any atom is -0.389 e. The summed E-state index contributed by atoms with van der Waals surface area (Å²) >= 11 is 0. The van der Waals surface area contributed by atoms with E-state index in [-0.39, 0.29) is 50.7 Å². The van der Waals surface area contributed by atoms with Crippen molar-refractivity contribution < 1.29 is 47.4 Å². The molecule has 0 bridgehead atoms. The van der Waals surface area contributed by atoms with Gasteiger partial charge in [0.2, 0.25) is 0 Å². The second kappa shape index (κ2) is 9.12. The summed E-state index contributed by atoms with van der Waals surface area (Å²) < 4.78 is 0. The third kappa shape index (κ3) is 7.22. The molecule has 3 nitrogen and oxygen atoms in total. The number of ketones is 2. The molecule has 1 atom stereocenters. The summed E-state index contributed by atoms with van der Waals surface area (Å²) in [6.45, 7) is 1.61. The van der Waals surface area contributed by atoms with Gasteiger partial charge in [-0.2, -0.15) is 0 Å². The first-order valence-corrected chi connectivity index (χ1v) is 6.01. The zero-order chi connectivity index (χ0) is 12.0. The van der Waals surface area contributed by atoms with E-state index in [4.69, 9.17) is 0 Å². The van der Waals surface area contributed by atoms with Gasteiger partial charge in [0.15, 0.2) is 5.78 Å². The number of aliphatic hydroxyl groups excluding tert-OH is 1. The number of hydrogen-bond donors (Lipinski definition) is 1. The van der Waals surface area contributed by atoms with Gasteiger partial charge in [-0.3, -0.25) is 4.79 Å². The summed E-state index contributed by atoms with van der Waals surface area (Å²) in [4.78, 5) is 22.0. The normalized spacial score (nSPS) is 18.8. The number of rotatable bonds is 7. The number of Topliss-reactive ketones (excluding diaryl/α,β-unsaturated/α-hetero) is 2. The molecule has 4 heteroatoms. The van der Waals surface area contributed by atoms with E-state index < -0.39 is 6.10 Å². The predicted octanol–water partition coefficient (Wildman–Crippen LogP) is 2.17. The fraction of sp³-hybridized carbons (Fsp3) is 0.692. The number of allylic oxidation sites excluding steroid dienone is 1. The first-order valence-electron chi connectivity index (χ1n) is 6.01. The van der Waals surface area contributed by atoms with Crippen LogP contribution >= 0.6 is 0 Å². The molecule has 0 aromatic heterocycles. The molecule has 93 valence electrons. The maximum atomic E-state index is 11.3. The first kappa shape index (κ1) is 17.1. The maximum absolute atomic E-state index is 11.3. The summed E-state index contributed by atoms with van der Waals surface area (Å²) in [6.07, 6.45) is 6.85. The third-order valence-electron chi connectivity index (χ3n) is 2.87.